The highest BCUT2D eigenvalue weighted by atomic mass is 79.9. The Kier molecular flexibility index (Phi) is 35.5. The molecule has 7 amide bonds. The maximum absolute atomic E-state index is 14.5. The van der Waals surface area contributed by atoms with Crippen LogP contribution in [0.25, 0.3) is 0 Å². The monoisotopic (exact) mass is 1780 g/mol. The maximum atomic E-state index is 14.5. The van der Waals surface area contributed by atoms with Crippen molar-refractivity contribution in [1.29, 1.82) is 0 Å². The number of alkyl halides is 6. The standard InChI is InChI=1S/C29H27ClF3N5O3.C26H27ClF3N3O3.C7H5ClO.C7H12F2.C6H6FN.C5H7NO3.C4H3BrN2/c30-22-8-2-1-7-21(22)25(26(40)36-19-11-13-29(32,33)14-12-19)37(20-6-3-5-18(31)17-20)27(41)23-9-10-24(39)38(23)28-34-15-4-16-35-28;1-32-21(9-10-22(32)34)25(36)33(18-6-4-5-16(28)15-18)23(19-7-2-3-8-20(19)27)24(35)31-17-11-13-26(29,30)14-12-17;8-7-4-2-1-3-6(7)5-9;1-6-2-4-7(8,9)5-3-6;7-5-2-1-3-6(8)4-5;7-3-9-5-2-1-4(8)6-5;5-4-6-2-1-3-7-4/h1-8,15-17,19,23,25H,9-14H2,(H,36,40);2-8,15,17,21,23H,9-14H2,1H3,(H,31,35);1-5H;6H,2-5H2,1H3;1-4H,8H2;3,5H,1-2H2,(H,6,8);1-3H/t23?,25-;;;;;5-;/m0....1./s1. The molecule has 3 aliphatic heterocycles. The minimum atomic E-state index is -2.80. The third kappa shape index (κ3) is 28.6. The molecule has 8 aromatic rings. The molecule has 22 nitrogen and oxygen atoms in total. The first kappa shape index (κ1) is 93.9. The van der Waals surface area contributed by atoms with Gasteiger partial charge in [0.15, 0.2) is 17.2 Å². The molecule has 35 heteroatoms. The molecule has 6 fully saturated rings. The van der Waals surface area contributed by atoms with Crippen molar-refractivity contribution in [3.63, 3.8) is 0 Å². The molecule has 2 aromatic heterocycles. The van der Waals surface area contributed by atoms with Gasteiger partial charge in [0.1, 0.15) is 41.6 Å². The number of nitrogens with one attached hydrogen (secondary N) is 3. The van der Waals surface area contributed by atoms with E-state index in [4.69, 9.17) is 40.5 Å². The van der Waals surface area contributed by atoms with Crippen LogP contribution in [0.2, 0.25) is 15.1 Å². The number of nitrogens with two attached hydrogens (primary N) is 1. The van der Waals surface area contributed by atoms with Crippen LogP contribution in [0.15, 0.2) is 187 Å². The van der Waals surface area contributed by atoms with Crippen LogP contribution in [0.1, 0.15) is 156 Å². The predicted octanol–water partition coefficient (Wildman–Crippen LogP) is 17.1. The van der Waals surface area contributed by atoms with Gasteiger partial charge in [0.2, 0.25) is 53.3 Å². The zero-order valence-corrected chi connectivity index (χ0v) is 68.3. The summed E-state index contributed by atoms with van der Waals surface area (Å²) in [5.74, 6) is -12.1. The van der Waals surface area contributed by atoms with E-state index in [9.17, 15) is 82.7 Å². The summed E-state index contributed by atoms with van der Waals surface area (Å²) < 4.78 is 126. The average Bonchev–Trinajstić information content (AvgIpc) is 1.71. The number of rotatable bonds is 16. The van der Waals surface area contributed by atoms with E-state index in [-0.39, 0.29) is 153 Å². The lowest BCUT2D eigenvalue weighted by molar-refractivity contribution is -0.135. The largest absolute Gasteiger partial charge is 0.444 e. The highest BCUT2D eigenvalue weighted by Crippen LogP contribution is 2.41. The van der Waals surface area contributed by atoms with E-state index in [0.717, 1.165) is 28.2 Å². The summed E-state index contributed by atoms with van der Waals surface area (Å²) in [7, 11) is 1.51. The number of aromatic nitrogens is 4. The molecule has 6 aromatic carbocycles. The van der Waals surface area contributed by atoms with Gasteiger partial charge in [-0.1, -0.05) is 115 Å². The maximum Gasteiger partial charge on any atom is 0.295 e. The van der Waals surface area contributed by atoms with Crippen molar-refractivity contribution in [2.24, 2.45) is 5.92 Å². The number of benzene rings is 6. The van der Waals surface area contributed by atoms with Crippen LogP contribution in [0, 0.1) is 23.4 Å². The molecule has 5 atom stereocenters. The second-order valence-corrected chi connectivity index (χ2v) is 30.4. The number of ether oxygens (including phenoxy) is 1. The zero-order valence-electron chi connectivity index (χ0n) is 64.5. The van der Waals surface area contributed by atoms with Crippen molar-refractivity contribution in [2.75, 3.05) is 27.5 Å². The molecular formula is C84H87BrCl3F9N12O10. The molecule has 0 bridgehead atoms. The number of anilines is 4. The third-order valence-corrected chi connectivity index (χ3v) is 21.3. The average molecular weight is 1780 g/mol. The number of carbonyl (C=O) groups excluding carboxylic acids is 9. The Bertz CT molecular complexity index is 4710. The first-order valence-electron chi connectivity index (χ1n) is 37.9. The Balaban J connectivity index is 0.000000200. The molecule has 3 saturated heterocycles. The molecule has 3 saturated carbocycles. The van der Waals surface area contributed by atoms with Gasteiger partial charge in [-0.05, 0) is 158 Å². The second kappa shape index (κ2) is 45.0. The van der Waals surface area contributed by atoms with Gasteiger partial charge in [0, 0.05) is 152 Å². The number of halogens is 13. The molecule has 3 aliphatic carbocycles. The van der Waals surface area contributed by atoms with Crippen LogP contribution in [0.5, 0.6) is 0 Å². The Hall–Kier alpha value is -10.6. The van der Waals surface area contributed by atoms with Crippen LogP contribution >= 0.6 is 50.7 Å². The fourth-order valence-electron chi connectivity index (χ4n) is 13.5. The van der Waals surface area contributed by atoms with Gasteiger partial charge >= 0.3 is 0 Å². The smallest absolute Gasteiger partial charge is 0.295 e. The van der Waals surface area contributed by atoms with Crippen molar-refractivity contribution in [2.45, 2.75) is 183 Å². The van der Waals surface area contributed by atoms with Crippen molar-refractivity contribution >= 4 is 128 Å². The summed E-state index contributed by atoms with van der Waals surface area (Å²) in [5, 5.41) is 8.98. The fraction of sp³-hybridized carbons (Fsp3) is 0.369. The van der Waals surface area contributed by atoms with Crippen LogP contribution < -0.4 is 36.4 Å². The Morgan fingerprint density at radius 2 is 0.958 bits per heavy atom. The van der Waals surface area contributed by atoms with Gasteiger partial charge in [-0.25, -0.2) is 59.4 Å². The van der Waals surface area contributed by atoms with E-state index in [1.165, 1.54) is 77.8 Å². The lowest BCUT2D eigenvalue weighted by Gasteiger charge is -2.36. The Labute approximate surface area is 704 Å². The Morgan fingerprint density at radius 3 is 1.33 bits per heavy atom. The minimum absolute atomic E-state index is 0.0226. The topological polar surface area (TPSA) is 289 Å². The minimum Gasteiger partial charge on any atom is -0.444 e. The molecule has 5 N–H and O–H groups in total. The number of carbonyl (C=O) groups is 9. The van der Waals surface area contributed by atoms with E-state index in [0.29, 0.717) is 64.6 Å². The molecule has 14 rings (SSSR count). The summed E-state index contributed by atoms with van der Waals surface area (Å²) >= 11 is 21.7. The molecule has 6 aliphatic rings. The number of nitrogens with zero attached hydrogens (tertiary/aromatic N) is 8. The van der Waals surface area contributed by atoms with E-state index in [2.05, 4.69) is 56.6 Å². The lowest BCUT2D eigenvalue weighted by atomic mass is 9.88. The first-order chi connectivity index (χ1) is 56.7. The summed E-state index contributed by atoms with van der Waals surface area (Å²) in [6, 6.07) is 33.7. The summed E-state index contributed by atoms with van der Waals surface area (Å²) in [5.41, 5.74) is 6.93. The summed E-state index contributed by atoms with van der Waals surface area (Å²) in [6.07, 6.45) is 8.63. The van der Waals surface area contributed by atoms with Crippen molar-refractivity contribution in [3.8, 4) is 0 Å². The third-order valence-electron chi connectivity index (χ3n) is 19.8. The van der Waals surface area contributed by atoms with Gasteiger partial charge < -0.3 is 31.3 Å². The van der Waals surface area contributed by atoms with E-state index in [1.54, 1.807) is 109 Å². The van der Waals surface area contributed by atoms with E-state index >= 15 is 0 Å². The fourth-order valence-corrected chi connectivity index (χ4v) is 14.4. The Morgan fingerprint density at radius 1 is 0.538 bits per heavy atom. The van der Waals surface area contributed by atoms with Gasteiger partial charge in [0.25, 0.3) is 18.3 Å². The molecule has 3 unspecified atom stereocenters. The molecule has 119 heavy (non-hydrogen) atoms. The normalized spacial score (nSPS) is 18.9. The molecule has 0 spiro atoms. The molecular weight excluding hydrogens is 1690 g/mol. The highest BCUT2D eigenvalue weighted by molar-refractivity contribution is 9.10. The first-order valence-corrected chi connectivity index (χ1v) is 39.9. The van der Waals surface area contributed by atoms with Crippen LogP contribution in [0.4, 0.5) is 62.5 Å². The molecule has 0 radical (unpaired) electrons. The van der Waals surface area contributed by atoms with Crippen molar-refractivity contribution in [3.05, 3.63) is 236 Å². The number of amides is 7. The summed E-state index contributed by atoms with van der Waals surface area (Å²) in [4.78, 5) is 132. The number of hydrogen-bond acceptors (Lipinski definition) is 15. The molecule has 634 valence electrons. The van der Waals surface area contributed by atoms with Gasteiger partial charge in [-0.2, -0.15) is 0 Å². The van der Waals surface area contributed by atoms with Crippen LogP contribution in [-0.2, 0) is 43.1 Å². The van der Waals surface area contributed by atoms with Gasteiger partial charge in [-0.3, -0.25) is 57.9 Å². The quantitative estimate of drug-likeness (QED) is 0.0303. The van der Waals surface area contributed by atoms with E-state index in [1.807, 2.05) is 6.92 Å². The van der Waals surface area contributed by atoms with Gasteiger partial charge in [-0.15, -0.1) is 0 Å². The predicted molar refractivity (Wildman–Crippen MR) is 433 cm³/mol. The number of aldehydes is 1. The van der Waals surface area contributed by atoms with Crippen LogP contribution in [-0.4, -0.2) is 134 Å². The number of hydrogen-bond donors (Lipinski definition) is 4. The second-order valence-electron chi connectivity index (χ2n) is 28.5. The SMILES string of the molecule is Brc1ncccn1.CC1CCC(F)(F)CC1.CN1C(=O)CCC1C(=O)N(c1cccc(F)c1)C(C(=O)NC1CCC(F)(F)CC1)c1ccccc1Cl.Nc1cccc(F)c1.O=C(NC1CCC(F)(F)CC1)[C@H](c1ccccc1Cl)N(C(=O)C1CCC(=O)N1c1ncccn1)c1cccc(F)c1.O=CO[C@@H]1CCC(=O)N1.O=Cc1ccccc1Cl. The zero-order chi connectivity index (χ0) is 86.6. The highest BCUT2D eigenvalue weighted by Gasteiger charge is 2.47. The summed E-state index contributed by atoms with van der Waals surface area (Å²) in [6.45, 7) is 2.38. The number of likely N-dealkylation sites (tertiary alicyclic amines) is 1. The molecule has 5 heterocycles. The lowest BCUT2D eigenvalue weighted by Crippen LogP contribution is -2.53. The van der Waals surface area contributed by atoms with Gasteiger partial charge in [0.05, 0.1) is 5.02 Å². The number of nitrogen functional groups attached to an aromatic ring is 1. The van der Waals surface area contributed by atoms with E-state index < -0.39 is 89.3 Å². The van der Waals surface area contributed by atoms with Crippen molar-refractivity contribution in [1.82, 2.24) is 40.8 Å². The number of likely N-dealkylation sites (N-methyl/N-ethyl adjacent to an activating group) is 1. The van der Waals surface area contributed by atoms with Crippen LogP contribution in [0.3, 0.4) is 0 Å². The van der Waals surface area contributed by atoms with Crippen molar-refractivity contribution < 1.29 is 87.4 Å².